The summed E-state index contributed by atoms with van der Waals surface area (Å²) in [6, 6.07) is 8.47. The van der Waals surface area contributed by atoms with E-state index >= 15 is 0 Å². The molecule has 3 aromatic rings. The van der Waals surface area contributed by atoms with Crippen molar-refractivity contribution in [2.45, 2.75) is 13.8 Å². The number of carbonyl (C=O) groups is 1. The zero-order valence-corrected chi connectivity index (χ0v) is 12.6. The summed E-state index contributed by atoms with van der Waals surface area (Å²) in [6.45, 7) is 3.74. The number of hydrogen-bond acceptors (Lipinski definition) is 5. The molecule has 0 radical (unpaired) electrons. The Morgan fingerprint density at radius 3 is 2.61 bits per heavy atom. The lowest BCUT2D eigenvalue weighted by atomic mass is 10.2. The van der Waals surface area contributed by atoms with Crippen LogP contribution in [0.1, 0.15) is 21.6 Å². The van der Waals surface area contributed by atoms with Crippen LogP contribution >= 0.6 is 0 Å². The normalized spacial score (nSPS) is 11.4. The molecule has 23 heavy (non-hydrogen) atoms. The van der Waals surface area contributed by atoms with E-state index in [9.17, 15) is 15.0 Å². The quantitative estimate of drug-likeness (QED) is 0.719. The van der Waals surface area contributed by atoms with Crippen molar-refractivity contribution in [1.82, 2.24) is 9.38 Å². The fourth-order valence-corrected chi connectivity index (χ4v) is 2.19. The van der Waals surface area contributed by atoms with Gasteiger partial charge in [-0.15, -0.1) is 10.2 Å². The van der Waals surface area contributed by atoms with Gasteiger partial charge in [-0.05, 0) is 43.2 Å². The van der Waals surface area contributed by atoms with Gasteiger partial charge in [-0.25, -0.2) is 9.78 Å². The van der Waals surface area contributed by atoms with Gasteiger partial charge in [0.25, 0.3) is 0 Å². The molecule has 0 aliphatic heterocycles. The maximum atomic E-state index is 11.4. The van der Waals surface area contributed by atoms with Crippen LogP contribution < -0.4 is 0 Å². The van der Waals surface area contributed by atoms with E-state index in [4.69, 9.17) is 0 Å². The fourth-order valence-electron chi connectivity index (χ4n) is 2.19. The molecule has 0 saturated carbocycles. The number of aromatic hydroxyl groups is 1. The zero-order chi connectivity index (χ0) is 16.6. The van der Waals surface area contributed by atoms with Crippen LogP contribution in [0.2, 0.25) is 0 Å². The lowest BCUT2D eigenvalue weighted by Gasteiger charge is -2.00. The van der Waals surface area contributed by atoms with Crippen molar-refractivity contribution in [3.8, 4) is 5.75 Å². The first-order valence-corrected chi connectivity index (χ1v) is 6.89. The highest BCUT2D eigenvalue weighted by molar-refractivity contribution is 5.91. The highest BCUT2D eigenvalue weighted by atomic mass is 16.4. The molecule has 2 heterocycles. The summed E-state index contributed by atoms with van der Waals surface area (Å²) in [4.78, 5) is 15.4. The standard InChI is InChI=1S/C16H14N4O3/c1-9-3-5-12(21)11(7-9)18-19-15-14(16(22)23)17-13-6-4-10(2)8-20(13)15/h3-8,21H,1-2H3,(H,22,23). The molecule has 2 aromatic heterocycles. The second-order valence-corrected chi connectivity index (χ2v) is 5.22. The highest BCUT2D eigenvalue weighted by Gasteiger charge is 2.18. The van der Waals surface area contributed by atoms with Gasteiger partial charge in [-0.3, -0.25) is 4.40 Å². The van der Waals surface area contributed by atoms with Gasteiger partial charge in [-0.1, -0.05) is 12.1 Å². The second kappa shape index (κ2) is 5.53. The van der Waals surface area contributed by atoms with Gasteiger partial charge in [-0.2, -0.15) is 0 Å². The highest BCUT2D eigenvalue weighted by Crippen LogP contribution is 2.30. The molecule has 7 nitrogen and oxygen atoms in total. The van der Waals surface area contributed by atoms with Crippen LogP contribution in [0.3, 0.4) is 0 Å². The number of fused-ring (bicyclic) bond motifs is 1. The van der Waals surface area contributed by atoms with Crippen LogP contribution in [-0.4, -0.2) is 25.6 Å². The Morgan fingerprint density at radius 1 is 1.13 bits per heavy atom. The summed E-state index contributed by atoms with van der Waals surface area (Å²) >= 11 is 0. The Balaban J connectivity index is 2.16. The Hall–Kier alpha value is -3.22. The van der Waals surface area contributed by atoms with E-state index in [1.807, 2.05) is 19.9 Å². The molecule has 116 valence electrons. The van der Waals surface area contributed by atoms with Crippen molar-refractivity contribution in [3.63, 3.8) is 0 Å². The first-order chi connectivity index (χ1) is 11.0. The number of benzene rings is 1. The lowest BCUT2D eigenvalue weighted by molar-refractivity contribution is 0.0692. The monoisotopic (exact) mass is 310 g/mol. The minimum absolute atomic E-state index is 0.0266. The van der Waals surface area contributed by atoms with Crippen LogP contribution in [0.4, 0.5) is 11.5 Å². The SMILES string of the molecule is Cc1ccc(O)c(N=Nc2c(C(=O)O)nc3ccc(C)cn23)c1. The van der Waals surface area contributed by atoms with Crippen molar-refractivity contribution < 1.29 is 15.0 Å². The number of nitrogens with zero attached hydrogens (tertiary/aromatic N) is 4. The molecule has 0 fully saturated rings. The summed E-state index contributed by atoms with van der Waals surface area (Å²) in [7, 11) is 0. The van der Waals surface area contributed by atoms with Crippen molar-refractivity contribution >= 4 is 23.1 Å². The molecule has 0 saturated heterocycles. The van der Waals surface area contributed by atoms with Crippen LogP contribution in [-0.2, 0) is 0 Å². The first kappa shape index (κ1) is 14.7. The third-order valence-corrected chi connectivity index (χ3v) is 3.33. The molecule has 0 spiro atoms. The smallest absolute Gasteiger partial charge is 0.358 e. The number of carboxylic acid groups (broad SMARTS) is 1. The number of azo groups is 1. The minimum atomic E-state index is -1.19. The third-order valence-electron chi connectivity index (χ3n) is 3.33. The number of rotatable bonds is 3. The summed E-state index contributed by atoms with van der Waals surface area (Å²) in [5, 5.41) is 27.1. The van der Waals surface area contributed by atoms with Gasteiger partial charge in [0.15, 0.2) is 11.5 Å². The largest absolute Gasteiger partial charge is 0.506 e. The van der Waals surface area contributed by atoms with E-state index < -0.39 is 5.97 Å². The maximum Gasteiger partial charge on any atom is 0.358 e. The first-order valence-electron chi connectivity index (χ1n) is 6.89. The number of aromatic carboxylic acids is 1. The molecular formula is C16H14N4O3. The third kappa shape index (κ3) is 2.76. The van der Waals surface area contributed by atoms with Crippen molar-refractivity contribution in [2.24, 2.45) is 10.2 Å². The van der Waals surface area contributed by atoms with E-state index in [-0.39, 0.29) is 22.9 Å². The number of aryl methyl sites for hydroxylation is 2. The topological polar surface area (TPSA) is 99.5 Å². The van der Waals surface area contributed by atoms with Crippen molar-refractivity contribution in [2.75, 3.05) is 0 Å². The Kier molecular flexibility index (Phi) is 3.53. The molecule has 1 aromatic carbocycles. The van der Waals surface area contributed by atoms with Gasteiger partial charge < -0.3 is 10.2 Å². The van der Waals surface area contributed by atoms with Crippen LogP contribution in [0.25, 0.3) is 5.65 Å². The molecular weight excluding hydrogens is 296 g/mol. The molecule has 0 bridgehead atoms. The average Bonchev–Trinajstić information content (AvgIpc) is 2.86. The fraction of sp³-hybridized carbons (Fsp3) is 0.125. The van der Waals surface area contributed by atoms with Crippen LogP contribution in [0, 0.1) is 13.8 Å². The van der Waals surface area contributed by atoms with Gasteiger partial charge in [0.2, 0.25) is 0 Å². The summed E-state index contributed by atoms with van der Waals surface area (Å²) in [5.74, 6) is -1.10. The predicted molar refractivity (Wildman–Crippen MR) is 83.9 cm³/mol. The predicted octanol–water partition coefficient (Wildman–Crippen LogP) is 3.77. The maximum absolute atomic E-state index is 11.4. The lowest BCUT2D eigenvalue weighted by Crippen LogP contribution is -1.96. The van der Waals surface area contributed by atoms with Gasteiger partial charge >= 0.3 is 5.97 Å². The number of carboxylic acids is 1. The van der Waals surface area contributed by atoms with Gasteiger partial charge in [0, 0.05) is 6.20 Å². The number of pyridine rings is 1. The molecule has 2 N–H and O–H groups in total. The van der Waals surface area contributed by atoms with E-state index in [1.54, 1.807) is 28.8 Å². The van der Waals surface area contributed by atoms with E-state index in [1.165, 1.54) is 6.07 Å². The number of phenols is 1. The van der Waals surface area contributed by atoms with Crippen molar-refractivity contribution in [1.29, 1.82) is 0 Å². The Labute approximate surface area is 131 Å². The summed E-state index contributed by atoms with van der Waals surface area (Å²) < 4.78 is 1.56. The van der Waals surface area contributed by atoms with Crippen molar-refractivity contribution in [3.05, 3.63) is 53.3 Å². The minimum Gasteiger partial charge on any atom is -0.506 e. The molecule has 0 aliphatic rings. The number of phenolic OH excluding ortho intramolecular Hbond substituents is 1. The Bertz CT molecular complexity index is 944. The number of hydrogen-bond donors (Lipinski definition) is 2. The zero-order valence-electron chi connectivity index (χ0n) is 12.6. The second-order valence-electron chi connectivity index (χ2n) is 5.22. The molecule has 7 heteroatoms. The van der Waals surface area contributed by atoms with Crippen LogP contribution in [0.15, 0.2) is 46.8 Å². The van der Waals surface area contributed by atoms with Gasteiger partial charge in [0.05, 0.1) is 0 Å². The summed E-state index contributed by atoms with van der Waals surface area (Å²) in [5.41, 5.74) is 2.39. The summed E-state index contributed by atoms with van der Waals surface area (Å²) in [6.07, 6.45) is 1.74. The molecule has 0 atom stereocenters. The molecule has 3 rings (SSSR count). The van der Waals surface area contributed by atoms with Crippen LogP contribution in [0.5, 0.6) is 5.75 Å². The average molecular weight is 310 g/mol. The number of imidazole rings is 1. The van der Waals surface area contributed by atoms with E-state index in [0.29, 0.717) is 5.65 Å². The molecule has 0 unspecified atom stereocenters. The van der Waals surface area contributed by atoms with E-state index in [2.05, 4.69) is 15.2 Å². The number of aromatic nitrogens is 2. The molecule has 0 aliphatic carbocycles. The molecule has 0 amide bonds. The van der Waals surface area contributed by atoms with Gasteiger partial charge in [0.1, 0.15) is 17.1 Å². The van der Waals surface area contributed by atoms with E-state index in [0.717, 1.165) is 11.1 Å². The Morgan fingerprint density at radius 2 is 1.87 bits per heavy atom.